The highest BCUT2D eigenvalue weighted by atomic mass is 32.1. The van der Waals surface area contributed by atoms with Crippen LogP contribution < -0.4 is 10.1 Å². The molecule has 24 heavy (non-hydrogen) atoms. The number of methoxy groups -OCH3 is 1. The minimum Gasteiger partial charge on any atom is -0.481 e. The van der Waals surface area contributed by atoms with Gasteiger partial charge in [0.2, 0.25) is 11.8 Å². The molecule has 2 aromatic heterocycles. The van der Waals surface area contributed by atoms with E-state index < -0.39 is 0 Å². The summed E-state index contributed by atoms with van der Waals surface area (Å²) in [5.41, 5.74) is 2.33. The number of amides is 1. The summed E-state index contributed by atoms with van der Waals surface area (Å²) in [6, 6.07) is 9.44. The third kappa shape index (κ3) is 3.94. The fourth-order valence-corrected chi connectivity index (χ4v) is 2.83. The Labute approximate surface area is 142 Å². The molecule has 7 heteroatoms. The van der Waals surface area contributed by atoms with Crippen molar-refractivity contribution in [1.29, 1.82) is 0 Å². The van der Waals surface area contributed by atoms with Gasteiger partial charge < -0.3 is 10.1 Å². The second-order valence-electron chi connectivity index (χ2n) is 4.98. The molecule has 0 bridgehead atoms. The lowest BCUT2D eigenvalue weighted by atomic mass is 10.1. The Kier molecular flexibility index (Phi) is 4.81. The molecular weight excluding hydrogens is 329 g/mol. The monoisotopic (exact) mass is 343 g/mol. The van der Waals surface area contributed by atoms with Crippen LogP contribution in [0, 0.1) is 5.82 Å². The van der Waals surface area contributed by atoms with E-state index in [9.17, 15) is 9.18 Å². The fourth-order valence-electron chi connectivity index (χ4n) is 2.10. The van der Waals surface area contributed by atoms with Gasteiger partial charge in [0.25, 0.3) is 0 Å². The van der Waals surface area contributed by atoms with Gasteiger partial charge in [0.15, 0.2) is 5.13 Å². The Bertz CT molecular complexity index is 849. The number of hydrogen-bond acceptors (Lipinski definition) is 5. The van der Waals surface area contributed by atoms with Crippen molar-refractivity contribution in [3.05, 3.63) is 59.4 Å². The second-order valence-corrected chi connectivity index (χ2v) is 5.83. The number of rotatable bonds is 5. The number of nitrogens with zero attached hydrogens (tertiary/aromatic N) is 2. The maximum atomic E-state index is 12.9. The summed E-state index contributed by atoms with van der Waals surface area (Å²) in [5.74, 6) is -0.0197. The summed E-state index contributed by atoms with van der Waals surface area (Å²) in [7, 11) is 1.55. The maximum Gasteiger partial charge on any atom is 0.230 e. The number of carbonyl (C=O) groups excluding carboxylic acids is 1. The van der Waals surface area contributed by atoms with Crippen molar-refractivity contribution in [2.24, 2.45) is 0 Å². The standard InChI is InChI=1S/C17H14FN3O2S/c1-23-16-9-12(6-7-19-16)14-10-24-17(20-14)21-15(22)8-11-2-4-13(18)5-3-11/h2-7,9-10H,8H2,1H3,(H,20,21,22). The van der Waals surface area contributed by atoms with Crippen LogP contribution in [0.2, 0.25) is 0 Å². The molecule has 0 radical (unpaired) electrons. The van der Waals surface area contributed by atoms with Crippen LogP contribution in [0.3, 0.4) is 0 Å². The van der Waals surface area contributed by atoms with Gasteiger partial charge in [-0.1, -0.05) is 12.1 Å². The quantitative estimate of drug-likeness (QED) is 0.770. The molecule has 2 heterocycles. The Hall–Kier alpha value is -2.80. The molecule has 3 aromatic rings. The molecule has 1 amide bonds. The van der Waals surface area contributed by atoms with Crippen LogP contribution in [0.1, 0.15) is 5.56 Å². The molecular formula is C17H14FN3O2S. The minimum absolute atomic E-state index is 0.165. The largest absolute Gasteiger partial charge is 0.481 e. The van der Waals surface area contributed by atoms with Crippen LogP contribution in [0.25, 0.3) is 11.3 Å². The van der Waals surface area contributed by atoms with E-state index in [1.807, 2.05) is 11.4 Å². The van der Waals surface area contributed by atoms with Crippen molar-refractivity contribution in [2.45, 2.75) is 6.42 Å². The zero-order chi connectivity index (χ0) is 16.9. The lowest BCUT2D eigenvalue weighted by Crippen LogP contribution is -2.14. The van der Waals surface area contributed by atoms with Crippen LogP contribution in [-0.4, -0.2) is 23.0 Å². The number of nitrogens with one attached hydrogen (secondary N) is 1. The molecule has 1 aromatic carbocycles. The summed E-state index contributed by atoms with van der Waals surface area (Å²) >= 11 is 1.33. The lowest BCUT2D eigenvalue weighted by molar-refractivity contribution is -0.115. The van der Waals surface area contributed by atoms with Gasteiger partial charge >= 0.3 is 0 Å². The van der Waals surface area contributed by atoms with E-state index in [1.54, 1.807) is 31.5 Å². The highest BCUT2D eigenvalue weighted by Crippen LogP contribution is 2.26. The van der Waals surface area contributed by atoms with Gasteiger partial charge in [-0.3, -0.25) is 4.79 Å². The number of carbonyl (C=O) groups is 1. The summed E-state index contributed by atoms with van der Waals surface area (Å²) < 4.78 is 18.0. The third-order valence-corrected chi connectivity index (χ3v) is 4.03. The zero-order valence-corrected chi connectivity index (χ0v) is 13.6. The van der Waals surface area contributed by atoms with Crippen molar-refractivity contribution in [2.75, 3.05) is 12.4 Å². The Morgan fingerprint density at radius 3 is 2.83 bits per heavy atom. The van der Waals surface area contributed by atoms with E-state index in [4.69, 9.17) is 4.74 Å². The van der Waals surface area contributed by atoms with Crippen molar-refractivity contribution >= 4 is 22.4 Å². The summed E-state index contributed by atoms with van der Waals surface area (Å²) in [5, 5.41) is 5.11. The van der Waals surface area contributed by atoms with Gasteiger partial charge in [-0.05, 0) is 23.8 Å². The molecule has 122 valence electrons. The average Bonchev–Trinajstić information content (AvgIpc) is 3.05. The molecule has 0 fully saturated rings. The maximum absolute atomic E-state index is 12.9. The Balaban J connectivity index is 1.67. The molecule has 0 unspecified atom stereocenters. The van der Waals surface area contributed by atoms with Gasteiger partial charge in [-0.25, -0.2) is 14.4 Å². The van der Waals surface area contributed by atoms with E-state index in [0.29, 0.717) is 11.0 Å². The van der Waals surface area contributed by atoms with Crippen LogP contribution in [0.15, 0.2) is 48.0 Å². The van der Waals surface area contributed by atoms with Crippen LogP contribution in [-0.2, 0) is 11.2 Å². The number of halogens is 1. The number of hydrogen-bond donors (Lipinski definition) is 1. The molecule has 0 saturated heterocycles. The topological polar surface area (TPSA) is 64.1 Å². The fraction of sp³-hybridized carbons (Fsp3) is 0.118. The Morgan fingerprint density at radius 1 is 1.29 bits per heavy atom. The van der Waals surface area contributed by atoms with E-state index in [0.717, 1.165) is 16.8 Å². The highest BCUT2D eigenvalue weighted by molar-refractivity contribution is 7.14. The summed E-state index contributed by atoms with van der Waals surface area (Å²) in [6.45, 7) is 0. The van der Waals surface area contributed by atoms with Gasteiger partial charge in [0.05, 0.1) is 19.2 Å². The van der Waals surface area contributed by atoms with Crippen LogP contribution in [0.5, 0.6) is 5.88 Å². The van der Waals surface area contributed by atoms with Gasteiger partial charge in [0, 0.05) is 23.2 Å². The first-order valence-corrected chi connectivity index (χ1v) is 8.02. The van der Waals surface area contributed by atoms with Crippen molar-refractivity contribution in [1.82, 2.24) is 9.97 Å². The second kappa shape index (κ2) is 7.18. The van der Waals surface area contributed by atoms with Gasteiger partial charge in [0.1, 0.15) is 5.82 Å². The van der Waals surface area contributed by atoms with E-state index >= 15 is 0 Å². The number of anilines is 1. The summed E-state index contributed by atoms with van der Waals surface area (Å²) in [4.78, 5) is 20.5. The van der Waals surface area contributed by atoms with Crippen LogP contribution in [0.4, 0.5) is 9.52 Å². The molecule has 0 atom stereocenters. The third-order valence-electron chi connectivity index (χ3n) is 3.27. The number of benzene rings is 1. The number of aromatic nitrogens is 2. The molecule has 5 nitrogen and oxygen atoms in total. The molecule has 1 N–H and O–H groups in total. The smallest absolute Gasteiger partial charge is 0.230 e. The SMILES string of the molecule is COc1cc(-c2csc(NC(=O)Cc3ccc(F)cc3)n2)ccn1. The molecule has 0 aliphatic carbocycles. The summed E-state index contributed by atoms with van der Waals surface area (Å²) in [6.07, 6.45) is 1.80. The zero-order valence-electron chi connectivity index (χ0n) is 12.8. The van der Waals surface area contributed by atoms with Crippen molar-refractivity contribution in [3.8, 4) is 17.1 Å². The molecule has 0 aliphatic heterocycles. The molecule has 0 aliphatic rings. The van der Waals surface area contributed by atoms with Crippen molar-refractivity contribution < 1.29 is 13.9 Å². The number of pyridine rings is 1. The first-order valence-electron chi connectivity index (χ1n) is 7.14. The lowest BCUT2D eigenvalue weighted by Gasteiger charge is -2.02. The molecule has 3 rings (SSSR count). The van der Waals surface area contributed by atoms with Crippen LogP contribution >= 0.6 is 11.3 Å². The van der Waals surface area contributed by atoms with Gasteiger partial charge in [-0.2, -0.15) is 0 Å². The minimum atomic E-state index is -0.323. The van der Waals surface area contributed by atoms with E-state index in [-0.39, 0.29) is 18.1 Å². The first-order chi connectivity index (χ1) is 11.6. The van der Waals surface area contributed by atoms with Crippen molar-refractivity contribution in [3.63, 3.8) is 0 Å². The highest BCUT2D eigenvalue weighted by Gasteiger charge is 2.10. The molecule has 0 saturated carbocycles. The Morgan fingerprint density at radius 2 is 2.08 bits per heavy atom. The number of thiazole rings is 1. The average molecular weight is 343 g/mol. The van der Waals surface area contributed by atoms with Gasteiger partial charge in [-0.15, -0.1) is 11.3 Å². The first kappa shape index (κ1) is 16.1. The predicted octanol–water partition coefficient (Wildman–Crippen LogP) is 3.53. The molecule has 0 spiro atoms. The normalized spacial score (nSPS) is 10.4. The van der Waals surface area contributed by atoms with E-state index in [2.05, 4.69) is 15.3 Å². The predicted molar refractivity (Wildman–Crippen MR) is 90.6 cm³/mol. The van der Waals surface area contributed by atoms with E-state index in [1.165, 1.54) is 23.5 Å². The number of ether oxygens (including phenoxy) is 1.